The summed E-state index contributed by atoms with van der Waals surface area (Å²) in [6.45, 7) is 3.06. The zero-order valence-electron chi connectivity index (χ0n) is 11.3. The Morgan fingerprint density at radius 2 is 1.59 bits per heavy atom. The Bertz CT molecular complexity index is 174. The minimum absolute atomic E-state index is 0.232. The molecule has 17 heavy (non-hydrogen) atoms. The molecule has 0 aliphatic heterocycles. The van der Waals surface area contributed by atoms with Crippen molar-refractivity contribution in [1.29, 1.82) is 0 Å². The standard InChI is InChI=1S/C14H29NOS/c1-2-3-4-9-12-15-14(16)11-8-6-5-7-10-13-17/h17H,2-13H2,1H3,(H,15,16). The normalized spacial score (nSPS) is 10.5. The van der Waals surface area contributed by atoms with Gasteiger partial charge in [-0.15, -0.1) is 0 Å². The highest BCUT2D eigenvalue weighted by Gasteiger charge is 1.99. The Hall–Kier alpha value is -0.180. The third-order valence-electron chi connectivity index (χ3n) is 2.91. The predicted octanol–water partition coefficient (Wildman–Crippen LogP) is 3.95. The maximum Gasteiger partial charge on any atom is 0.219 e. The van der Waals surface area contributed by atoms with E-state index in [0.29, 0.717) is 6.42 Å². The molecule has 1 N–H and O–H groups in total. The molecular formula is C14H29NOS. The number of rotatable bonds is 12. The molecule has 0 unspecified atom stereocenters. The third-order valence-corrected chi connectivity index (χ3v) is 3.23. The summed E-state index contributed by atoms with van der Waals surface area (Å²) in [7, 11) is 0. The lowest BCUT2D eigenvalue weighted by atomic mass is 10.1. The van der Waals surface area contributed by atoms with E-state index in [2.05, 4.69) is 24.9 Å². The van der Waals surface area contributed by atoms with Crippen LogP contribution in [0.1, 0.15) is 71.1 Å². The molecule has 0 bridgehead atoms. The fraction of sp³-hybridized carbons (Fsp3) is 0.929. The van der Waals surface area contributed by atoms with Gasteiger partial charge in [0.2, 0.25) is 5.91 Å². The van der Waals surface area contributed by atoms with Crippen molar-refractivity contribution in [2.45, 2.75) is 71.1 Å². The largest absolute Gasteiger partial charge is 0.356 e. The summed E-state index contributed by atoms with van der Waals surface area (Å²) in [4.78, 5) is 11.4. The van der Waals surface area contributed by atoms with Gasteiger partial charge in [0.05, 0.1) is 0 Å². The average molecular weight is 259 g/mol. The van der Waals surface area contributed by atoms with Crippen LogP contribution < -0.4 is 5.32 Å². The molecule has 1 amide bonds. The average Bonchev–Trinajstić information content (AvgIpc) is 2.33. The minimum Gasteiger partial charge on any atom is -0.356 e. The lowest BCUT2D eigenvalue weighted by Crippen LogP contribution is -2.23. The van der Waals surface area contributed by atoms with E-state index in [9.17, 15) is 4.79 Å². The molecule has 0 aromatic carbocycles. The van der Waals surface area contributed by atoms with Gasteiger partial charge in [-0.05, 0) is 25.0 Å². The van der Waals surface area contributed by atoms with Gasteiger partial charge in [-0.3, -0.25) is 4.79 Å². The van der Waals surface area contributed by atoms with Crippen LogP contribution in [0.5, 0.6) is 0 Å². The van der Waals surface area contributed by atoms with Crippen molar-refractivity contribution >= 4 is 18.5 Å². The molecule has 0 fully saturated rings. The van der Waals surface area contributed by atoms with Crippen molar-refractivity contribution in [2.24, 2.45) is 0 Å². The van der Waals surface area contributed by atoms with Crippen LogP contribution in [-0.4, -0.2) is 18.2 Å². The van der Waals surface area contributed by atoms with Gasteiger partial charge in [0.25, 0.3) is 0 Å². The van der Waals surface area contributed by atoms with Gasteiger partial charge < -0.3 is 5.32 Å². The number of nitrogens with one attached hydrogen (secondary N) is 1. The van der Waals surface area contributed by atoms with E-state index in [1.807, 2.05) is 0 Å². The highest BCUT2D eigenvalue weighted by Crippen LogP contribution is 2.06. The molecule has 0 spiro atoms. The molecule has 0 saturated carbocycles. The van der Waals surface area contributed by atoms with E-state index in [-0.39, 0.29) is 5.91 Å². The highest BCUT2D eigenvalue weighted by molar-refractivity contribution is 7.80. The quantitative estimate of drug-likeness (QED) is 0.403. The maximum absolute atomic E-state index is 11.4. The minimum atomic E-state index is 0.232. The molecule has 0 aliphatic rings. The van der Waals surface area contributed by atoms with Crippen molar-refractivity contribution in [3.63, 3.8) is 0 Å². The Balaban J connectivity index is 3.12. The first-order valence-electron chi connectivity index (χ1n) is 7.18. The number of carbonyl (C=O) groups is 1. The monoisotopic (exact) mass is 259 g/mol. The second-order valence-corrected chi connectivity index (χ2v) is 5.10. The van der Waals surface area contributed by atoms with Crippen molar-refractivity contribution in [3.05, 3.63) is 0 Å². The molecule has 3 heteroatoms. The van der Waals surface area contributed by atoms with Gasteiger partial charge >= 0.3 is 0 Å². The van der Waals surface area contributed by atoms with Gasteiger partial charge in [-0.25, -0.2) is 0 Å². The fourth-order valence-electron chi connectivity index (χ4n) is 1.80. The smallest absolute Gasteiger partial charge is 0.219 e. The first-order valence-corrected chi connectivity index (χ1v) is 7.82. The summed E-state index contributed by atoms with van der Waals surface area (Å²) in [5.41, 5.74) is 0. The van der Waals surface area contributed by atoms with Gasteiger partial charge in [0.1, 0.15) is 0 Å². The molecule has 0 atom stereocenters. The van der Waals surface area contributed by atoms with Gasteiger partial charge in [0.15, 0.2) is 0 Å². The molecule has 0 aromatic heterocycles. The molecule has 0 saturated heterocycles. The summed E-state index contributed by atoms with van der Waals surface area (Å²) < 4.78 is 0. The second kappa shape index (κ2) is 13.9. The van der Waals surface area contributed by atoms with Crippen LogP contribution in [0.25, 0.3) is 0 Å². The lowest BCUT2D eigenvalue weighted by molar-refractivity contribution is -0.121. The fourth-order valence-corrected chi connectivity index (χ4v) is 2.02. The van der Waals surface area contributed by atoms with Gasteiger partial charge in [-0.1, -0.05) is 45.4 Å². The van der Waals surface area contributed by atoms with Gasteiger partial charge in [0, 0.05) is 13.0 Å². The van der Waals surface area contributed by atoms with Crippen LogP contribution in [-0.2, 0) is 4.79 Å². The molecular weight excluding hydrogens is 230 g/mol. The summed E-state index contributed by atoms with van der Waals surface area (Å²) in [5.74, 6) is 1.22. The van der Waals surface area contributed by atoms with Crippen LogP contribution in [0, 0.1) is 0 Å². The molecule has 0 radical (unpaired) electrons. The summed E-state index contributed by atoms with van der Waals surface area (Å²) >= 11 is 4.18. The number of amides is 1. The maximum atomic E-state index is 11.4. The molecule has 0 heterocycles. The molecule has 102 valence electrons. The zero-order chi connectivity index (χ0) is 12.8. The van der Waals surface area contributed by atoms with Crippen LogP contribution >= 0.6 is 12.6 Å². The molecule has 0 aliphatic carbocycles. The molecule has 2 nitrogen and oxygen atoms in total. The molecule has 0 rings (SSSR count). The summed E-state index contributed by atoms with van der Waals surface area (Å²) in [6, 6.07) is 0. The summed E-state index contributed by atoms with van der Waals surface area (Å²) in [6.07, 6.45) is 11.5. The van der Waals surface area contributed by atoms with Crippen LogP contribution in [0.3, 0.4) is 0 Å². The Morgan fingerprint density at radius 1 is 0.941 bits per heavy atom. The number of carbonyl (C=O) groups excluding carboxylic acids is 1. The first kappa shape index (κ1) is 16.8. The number of hydrogen-bond donors (Lipinski definition) is 2. The second-order valence-electron chi connectivity index (χ2n) is 4.65. The Kier molecular flexibility index (Phi) is 13.7. The number of thiol groups is 1. The number of unbranched alkanes of at least 4 members (excludes halogenated alkanes) is 7. The van der Waals surface area contributed by atoms with Crippen molar-refractivity contribution in [1.82, 2.24) is 5.32 Å². The van der Waals surface area contributed by atoms with Crippen LogP contribution in [0.2, 0.25) is 0 Å². The Morgan fingerprint density at radius 3 is 2.29 bits per heavy atom. The van der Waals surface area contributed by atoms with E-state index < -0.39 is 0 Å². The van der Waals surface area contributed by atoms with Crippen LogP contribution in [0.4, 0.5) is 0 Å². The number of hydrogen-bond acceptors (Lipinski definition) is 2. The Labute approximate surface area is 112 Å². The zero-order valence-corrected chi connectivity index (χ0v) is 12.2. The lowest BCUT2D eigenvalue weighted by Gasteiger charge is -2.04. The summed E-state index contributed by atoms with van der Waals surface area (Å²) in [5, 5.41) is 2.99. The van der Waals surface area contributed by atoms with Crippen molar-refractivity contribution in [3.8, 4) is 0 Å². The van der Waals surface area contributed by atoms with Crippen molar-refractivity contribution in [2.75, 3.05) is 12.3 Å². The van der Waals surface area contributed by atoms with Crippen molar-refractivity contribution < 1.29 is 4.79 Å². The van der Waals surface area contributed by atoms with Gasteiger partial charge in [-0.2, -0.15) is 12.6 Å². The van der Waals surface area contributed by atoms with E-state index in [1.54, 1.807) is 0 Å². The first-order chi connectivity index (χ1) is 8.31. The van der Waals surface area contributed by atoms with Crippen LogP contribution in [0.15, 0.2) is 0 Å². The van der Waals surface area contributed by atoms with E-state index in [0.717, 1.165) is 25.1 Å². The van der Waals surface area contributed by atoms with E-state index in [1.165, 1.54) is 44.9 Å². The van der Waals surface area contributed by atoms with E-state index >= 15 is 0 Å². The molecule has 0 aromatic rings. The topological polar surface area (TPSA) is 29.1 Å². The van der Waals surface area contributed by atoms with E-state index in [4.69, 9.17) is 0 Å². The SMILES string of the molecule is CCCCCCNC(=O)CCCCCCCS. The predicted molar refractivity (Wildman–Crippen MR) is 78.7 cm³/mol. The third kappa shape index (κ3) is 13.8. The highest BCUT2D eigenvalue weighted by atomic mass is 32.1.